The van der Waals surface area contributed by atoms with Gasteiger partial charge < -0.3 is 9.47 Å². The predicted octanol–water partition coefficient (Wildman–Crippen LogP) is 2.68. The zero-order valence-corrected chi connectivity index (χ0v) is 10.7. The van der Waals surface area contributed by atoms with Crippen molar-refractivity contribution in [2.45, 2.75) is 0 Å². The van der Waals surface area contributed by atoms with Crippen LogP contribution in [-0.4, -0.2) is 25.2 Å². The lowest BCUT2D eigenvalue weighted by Gasteiger charge is -2.09. The summed E-state index contributed by atoms with van der Waals surface area (Å²) in [5.74, 6) is -0.836. The van der Waals surface area contributed by atoms with Gasteiger partial charge >= 0.3 is 11.9 Å². The van der Waals surface area contributed by atoms with Gasteiger partial charge in [-0.1, -0.05) is 24.3 Å². The monoisotopic (exact) mass is 268 g/mol. The molecular formula is C16H12O4. The second-order valence-electron chi connectivity index (χ2n) is 4.43. The number of benzene rings is 2. The molecule has 0 saturated heterocycles. The van der Waals surface area contributed by atoms with Crippen LogP contribution in [0.5, 0.6) is 0 Å². The number of carbonyl (C=O) groups excluding carboxylic acids is 2. The fraction of sp³-hybridized carbons (Fsp3) is 0.125. The van der Waals surface area contributed by atoms with E-state index in [-0.39, 0.29) is 13.2 Å². The summed E-state index contributed by atoms with van der Waals surface area (Å²) in [4.78, 5) is 23.5. The summed E-state index contributed by atoms with van der Waals surface area (Å²) < 4.78 is 10.1. The molecule has 100 valence electrons. The number of fused-ring (bicyclic) bond motifs is 2. The van der Waals surface area contributed by atoms with Gasteiger partial charge in [-0.25, -0.2) is 9.59 Å². The minimum atomic E-state index is -0.418. The molecule has 4 heteroatoms. The van der Waals surface area contributed by atoms with Gasteiger partial charge in [0.1, 0.15) is 13.2 Å². The van der Waals surface area contributed by atoms with Gasteiger partial charge in [-0.05, 0) is 35.4 Å². The quantitative estimate of drug-likeness (QED) is 0.689. The molecule has 3 aliphatic heterocycles. The largest absolute Gasteiger partial charge is 0.458 e. The molecule has 3 heterocycles. The van der Waals surface area contributed by atoms with E-state index in [0.29, 0.717) is 11.1 Å². The van der Waals surface area contributed by atoms with Crippen molar-refractivity contribution in [3.8, 4) is 11.1 Å². The topological polar surface area (TPSA) is 52.6 Å². The normalized spacial score (nSPS) is 14.6. The number of carbonyl (C=O) groups is 2. The van der Waals surface area contributed by atoms with Crippen molar-refractivity contribution in [3.05, 3.63) is 59.7 Å². The van der Waals surface area contributed by atoms with Gasteiger partial charge in [0.15, 0.2) is 0 Å². The molecule has 0 amide bonds. The van der Waals surface area contributed by atoms with E-state index in [1.165, 1.54) is 0 Å². The summed E-state index contributed by atoms with van der Waals surface area (Å²) in [6, 6.07) is 14.3. The Kier molecular flexibility index (Phi) is 3.21. The Bertz CT molecular complexity index is 582. The summed E-state index contributed by atoms with van der Waals surface area (Å²) in [6.45, 7) is 0.0921. The molecule has 0 spiro atoms. The molecule has 0 N–H and O–H groups in total. The van der Waals surface area contributed by atoms with Crippen molar-refractivity contribution >= 4 is 11.9 Å². The third-order valence-electron chi connectivity index (χ3n) is 3.12. The molecule has 0 aromatic heterocycles. The summed E-state index contributed by atoms with van der Waals surface area (Å²) in [5.41, 5.74) is 2.90. The molecule has 0 atom stereocenters. The predicted molar refractivity (Wildman–Crippen MR) is 72.4 cm³/mol. The Labute approximate surface area is 115 Å². The first kappa shape index (κ1) is 12.4. The van der Waals surface area contributed by atoms with Crippen LogP contribution in [0.15, 0.2) is 48.5 Å². The van der Waals surface area contributed by atoms with Crippen LogP contribution >= 0.6 is 0 Å². The van der Waals surface area contributed by atoms with Gasteiger partial charge in [-0.3, -0.25) is 0 Å². The second kappa shape index (κ2) is 5.17. The van der Waals surface area contributed by atoms with E-state index in [0.717, 1.165) is 11.1 Å². The summed E-state index contributed by atoms with van der Waals surface area (Å²) in [7, 11) is 0. The molecule has 0 aliphatic carbocycles. The maximum absolute atomic E-state index is 11.7. The molecule has 4 nitrogen and oxygen atoms in total. The molecular weight excluding hydrogens is 256 g/mol. The number of rotatable bonds is 0. The van der Waals surface area contributed by atoms with Crippen LogP contribution in [0.4, 0.5) is 0 Å². The van der Waals surface area contributed by atoms with E-state index in [2.05, 4.69) is 0 Å². The Morgan fingerprint density at radius 2 is 0.850 bits per heavy atom. The van der Waals surface area contributed by atoms with Gasteiger partial charge in [-0.2, -0.15) is 0 Å². The second-order valence-corrected chi connectivity index (χ2v) is 4.43. The number of hydrogen-bond donors (Lipinski definition) is 0. The molecule has 0 saturated carbocycles. The summed E-state index contributed by atoms with van der Waals surface area (Å²) in [6.07, 6.45) is 0. The van der Waals surface area contributed by atoms with E-state index < -0.39 is 11.9 Å². The fourth-order valence-corrected chi connectivity index (χ4v) is 2.03. The van der Waals surface area contributed by atoms with Crippen molar-refractivity contribution in [1.82, 2.24) is 0 Å². The molecule has 2 aromatic carbocycles. The van der Waals surface area contributed by atoms with Crippen molar-refractivity contribution < 1.29 is 19.1 Å². The highest BCUT2D eigenvalue weighted by molar-refractivity contribution is 5.91. The molecule has 3 aliphatic rings. The first-order valence-electron chi connectivity index (χ1n) is 6.29. The average molecular weight is 268 g/mol. The van der Waals surface area contributed by atoms with Crippen LogP contribution < -0.4 is 0 Å². The fourth-order valence-electron chi connectivity index (χ4n) is 2.03. The van der Waals surface area contributed by atoms with Crippen molar-refractivity contribution in [3.63, 3.8) is 0 Å². The Morgan fingerprint density at radius 1 is 0.550 bits per heavy atom. The highest BCUT2D eigenvalue weighted by atomic mass is 16.6. The average Bonchev–Trinajstić information content (AvgIpc) is 2.51. The van der Waals surface area contributed by atoms with Crippen LogP contribution in [0.3, 0.4) is 0 Å². The highest BCUT2D eigenvalue weighted by Gasteiger charge is 2.11. The van der Waals surface area contributed by atoms with Crippen LogP contribution in [0.1, 0.15) is 20.7 Å². The zero-order valence-electron chi connectivity index (χ0n) is 10.7. The number of hydrogen-bond acceptors (Lipinski definition) is 4. The van der Waals surface area contributed by atoms with Crippen molar-refractivity contribution in [2.24, 2.45) is 0 Å². The minimum Gasteiger partial charge on any atom is -0.458 e. The molecule has 5 rings (SSSR count). The zero-order chi connectivity index (χ0) is 13.9. The molecule has 20 heavy (non-hydrogen) atoms. The molecule has 4 bridgehead atoms. The Balaban J connectivity index is 2.03. The Morgan fingerprint density at radius 3 is 1.20 bits per heavy atom. The number of ether oxygens (including phenoxy) is 2. The van der Waals surface area contributed by atoms with Crippen LogP contribution in [-0.2, 0) is 9.47 Å². The molecule has 2 aromatic rings. The lowest BCUT2D eigenvalue weighted by molar-refractivity contribution is 0.0265. The smallest absolute Gasteiger partial charge is 0.338 e. The summed E-state index contributed by atoms with van der Waals surface area (Å²) in [5, 5.41) is 0. The van der Waals surface area contributed by atoms with E-state index in [4.69, 9.17) is 9.47 Å². The van der Waals surface area contributed by atoms with Crippen LogP contribution in [0.25, 0.3) is 11.1 Å². The maximum Gasteiger partial charge on any atom is 0.338 e. The van der Waals surface area contributed by atoms with Gasteiger partial charge in [0, 0.05) is 0 Å². The molecule has 0 unspecified atom stereocenters. The van der Waals surface area contributed by atoms with E-state index in [9.17, 15) is 9.59 Å². The van der Waals surface area contributed by atoms with Gasteiger partial charge in [-0.15, -0.1) is 0 Å². The third kappa shape index (κ3) is 2.40. The van der Waals surface area contributed by atoms with Crippen molar-refractivity contribution in [2.75, 3.05) is 13.2 Å². The van der Waals surface area contributed by atoms with Gasteiger partial charge in [0.25, 0.3) is 0 Å². The molecule has 0 fully saturated rings. The van der Waals surface area contributed by atoms with Crippen molar-refractivity contribution in [1.29, 1.82) is 0 Å². The standard InChI is InChI=1S/C16H12O4/c17-15-13-5-1-11(2-6-13)12-3-7-14(8-4-12)16(18)20-10-9-19-15/h1-8H,9-10H2. The first-order valence-corrected chi connectivity index (χ1v) is 6.29. The lowest BCUT2D eigenvalue weighted by Crippen LogP contribution is -2.14. The van der Waals surface area contributed by atoms with Gasteiger partial charge in [0.05, 0.1) is 11.1 Å². The number of esters is 2. The SMILES string of the molecule is O=C1OCCOC(=O)c2ccc(cc2)-c2ccc1cc2. The first-order chi connectivity index (χ1) is 9.74. The Hall–Kier alpha value is -2.62. The highest BCUT2D eigenvalue weighted by Crippen LogP contribution is 2.21. The van der Waals surface area contributed by atoms with Crippen LogP contribution in [0.2, 0.25) is 0 Å². The van der Waals surface area contributed by atoms with Gasteiger partial charge in [0.2, 0.25) is 0 Å². The minimum absolute atomic E-state index is 0.0460. The van der Waals surface area contributed by atoms with E-state index in [1.54, 1.807) is 24.3 Å². The van der Waals surface area contributed by atoms with E-state index >= 15 is 0 Å². The lowest BCUT2D eigenvalue weighted by atomic mass is 10.0. The third-order valence-corrected chi connectivity index (χ3v) is 3.12. The summed E-state index contributed by atoms with van der Waals surface area (Å²) >= 11 is 0. The molecule has 0 radical (unpaired) electrons. The maximum atomic E-state index is 11.7. The van der Waals surface area contributed by atoms with E-state index in [1.807, 2.05) is 24.3 Å². The van der Waals surface area contributed by atoms with Crippen LogP contribution in [0, 0.1) is 0 Å².